The molecule has 0 saturated carbocycles. The van der Waals surface area contributed by atoms with Gasteiger partial charge in [0.15, 0.2) is 11.5 Å². The molecule has 5 nitrogen and oxygen atoms in total. The molecule has 7 heteroatoms. The van der Waals surface area contributed by atoms with Crippen LogP contribution in [0.4, 0.5) is 0 Å². The average Bonchev–Trinajstić information content (AvgIpc) is 3.24. The van der Waals surface area contributed by atoms with Crippen molar-refractivity contribution in [1.82, 2.24) is 4.90 Å². The van der Waals surface area contributed by atoms with E-state index in [1.54, 1.807) is 19.1 Å². The molecule has 0 aromatic heterocycles. The number of aliphatic imine (C=N–C) groups is 1. The minimum Gasteiger partial charge on any atom is -0.493 e. The predicted octanol–water partition coefficient (Wildman–Crippen LogP) is 6.74. The number of methoxy groups -OCH3 is 2. The molecule has 1 heterocycles. The third kappa shape index (κ3) is 4.50. The number of amides is 1. The van der Waals surface area contributed by atoms with Crippen molar-refractivity contribution in [3.63, 3.8) is 0 Å². The molecule has 0 N–H and O–H groups in total. The van der Waals surface area contributed by atoms with E-state index in [1.807, 2.05) is 80.6 Å². The summed E-state index contributed by atoms with van der Waals surface area (Å²) in [6, 6.07) is 20.0. The van der Waals surface area contributed by atoms with Crippen molar-refractivity contribution >= 4 is 34.9 Å². The third-order valence-corrected chi connectivity index (χ3v) is 6.37. The average molecular weight is 497 g/mol. The number of carbonyl (C=O) groups excluding carboxylic acids is 1. The molecule has 4 rings (SSSR count). The molecular weight excluding hydrogens is 471 g/mol. The Labute approximate surface area is 209 Å². The van der Waals surface area contributed by atoms with E-state index in [4.69, 9.17) is 37.7 Å². The number of halogens is 2. The van der Waals surface area contributed by atoms with E-state index in [9.17, 15) is 4.79 Å². The van der Waals surface area contributed by atoms with Crippen LogP contribution in [0.2, 0.25) is 10.0 Å². The van der Waals surface area contributed by atoms with E-state index in [1.165, 1.54) is 0 Å². The first-order chi connectivity index (χ1) is 16.3. The Morgan fingerprint density at radius 1 is 0.882 bits per heavy atom. The molecule has 0 fully saturated rings. The van der Waals surface area contributed by atoms with Crippen molar-refractivity contribution in [2.75, 3.05) is 14.2 Å². The molecule has 176 valence electrons. The second-order valence-electron chi connectivity index (χ2n) is 8.35. The zero-order valence-corrected chi connectivity index (χ0v) is 21.0. The minimum atomic E-state index is -0.376. The fraction of sp³-hybridized carbons (Fsp3) is 0.259. The molecule has 0 aliphatic carbocycles. The molecule has 1 aliphatic rings. The van der Waals surface area contributed by atoms with Gasteiger partial charge in [0.1, 0.15) is 11.9 Å². The summed E-state index contributed by atoms with van der Waals surface area (Å²) in [6.45, 7) is 3.77. The number of carbonyl (C=O) groups is 1. The van der Waals surface area contributed by atoms with Crippen molar-refractivity contribution in [3.05, 3.63) is 93.5 Å². The molecule has 0 bridgehead atoms. The Morgan fingerprint density at radius 3 is 2.00 bits per heavy atom. The van der Waals surface area contributed by atoms with E-state index < -0.39 is 0 Å². The van der Waals surface area contributed by atoms with Gasteiger partial charge in [-0.2, -0.15) is 0 Å². The maximum absolute atomic E-state index is 13.7. The molecule has 2 atom stereocenters. The monoisotopic (exact) mass is 496 g/mol. The van der Waals surface area contributed by atoms with Crippen LogP contribution < -0.4 is 9.47 Å². The highest BCUT2D eigenvalue weighted by molar-refractivity contribution is 6.30. The standard InChI is InChI=1S/C27H26Cl2N2O3/c1-16(2)27(32)31-24(18-10-14-20(29)15-11-18)23(17-8-12-19(28)13-9-17)30-26(31)21-6-5-7-22(33-3)25(21)34-4/h5-16,23-24H,1-4H3/t23-,24+/m1/s1. The van der Waals surface area contributed by atoms with E-state index in [-0.39, 0.29) is 23.9 Å². The molecule has 0 unspecified atom stereocenters. The lowest BCUT2D eigenvalue weighted by Gasteiger charge is -2.31. The summed E-state index contributed by atoms with van der Waals surface area (Å²) >= 11 is 12.3. The lowest BCUT2D eigenvalue weighted by Crippen LogP contribution is -2.40. The summed E-state index contributed by atoms with van der Waals surface area (Å²) < 4.78 is 11.2. The predicted molar refractivity (Wildman–Crippen MR) is 136 cm³/mol. The summed E-state index contributed by atoms with van der Waals surface area (Å²) in [5, 5.41) is 1.26. The Morgan fingerprint density at radius 2 is 1.47 bits per heavy atom. The minimum absolute atomic E-state index is 0.0416. The molecule has 0 radical (unpaired) electrons. The number of ether oxygens (including phenoxy) is 2. The number of nitrogens with zero attached hydrogens (tertiary/aromatic N) is 2. The number of hydrogen-bond donors (Lipinski definition) is 0. The van der Waals surface area contributed by atoms with E-state index >= 15 is 0 Å². The van der Waals surface area contributed by atoms with Gasteiger partial charge in [-0.15, -0.1) is 0 Å². The summed E-state index contributed by atoms with van der Waals surface area (Å²) in [6.07, 6.45) is 0. The first kappa shape index (κ1) is 24.1. The van der Waals surface area contributed by atoms with Gasteiger partial charge < -0.3 is 9.47 Å². The zero-order chi connectivity index (χ0) is 24.4. The number of rotatable bonds is 6. The molecule has 0 saturated heterocycles. The lowest BCUT2D eigenvalue weighted by molar-refractivity contribution is -0.132. The molecule has 1 aliphatic heterocycles. The van der Waals surface area contributed by atoms with Gasteiger partial charge in [0.05, 0.1) is 25.8 Å². The van der Waals surface area contributed by atoms with Crippen LogP contribution in [0.25, 0.3) is 0 Å². The van der Waals surface area contributed by atoms with Crippen molar-refractivity contribution in [2.45, 2.75) is 25.9 Å². The number of para-hydroxylation sites is 1. The lowest BCUT2D eigenvalue weighted by atomic mass is 9.93. The van der Waals surface area contributed by atoms with Gasteiger partial charge in [0, 0.05) is 16.0 Å². The van der Waals surface area contributed by atoms with Crippen LogP contribution in [-0.2, 0) is 4.79 Å². The van der Waals surface area contributed by atoms with E-state index in [0.717, 1.165) is 11.1 Å². The molecule has 1 amide bonds. The highest BCUT2D eigenvalue weighted by Crippen LogP contribution is 2.46. The molecule has 3 aromatic rings. The Hall–Kier alpha value is -3.02. The molecule has 3 aromatic carbocycles. The summed E-state index contributed by atoms with van der Waals surface area (Å²) in [7, 11) is 3.17. The van der Waals surface area contributed by atoms with E-state index in [0.29, 0.717) is 32.9 Å². The fourth-order valence-corrected chi connectivity index (χ4v) is 4.48. The second-order valence-corrected chi connectivity index (χ2v) is 9.22. The topological polar surface area (TPSA) is 51.1 Å². The SMILES string of the molecule is COc1cccc(C2=N[C@H](c3ccc(Cl)cc3)[C@H](c3ccc(Cl)cc3)N2C(=O)C(C)C)c1OC. The fourth-order valence-electron chi connectivity index (χ4n) is 4.23. The largest absolute Gasteiger partial charge is 0.493 e. The second kappa shape index (κ2) is 10.1. The number of benzene rings is 3. The summed E-state index contributed by atoms with van der Waals surface area (Å²) in [5.74, 6) is 1.34. The molecular formula is C27H26Cl2N2O3. The van der Waals surface area contributed by atoms with Crippen LogP contribution in [-0.4, -0.2) is 30.9 Å². The van der Waals surface area contributed by atoms with Crippen LogP contribution in [0.15, 0.2) is 71.7 Å². The van der Waals surface area contributed by atoms with Gasteiger partial charge in [0.25, 0.3) is 0 Å². The summed E-state index contributed by atoms with van der Waals surface area (Å²) in [4.78, 5) is 20.6. The van der Waals surface area contributed by atoms with Crippen molar-refractivity contribution in [2.24, 2.45) is 10.9 Å². The normalized spacial score (nSPS) is 17.6. The van der Waals surface area contributed by atoms with Crippen LogP contribution >= 0.6 is 23.2 Å². The Bertz CT molecular complexity index is 1210. The number of amidine groups is 1. The van der Waals surface area contributed by atoms with Gasteiger partial charge in [-0.1, -0.05) is 67.4 Å². The molecule has 34 heavy (non-hydrogen) atoms. The van der Waals surface area contributed by atoms with Gasteiger partial charge in [-0.3, -0.25) is 14.7 Å². The van der Waals surface area contributed by atoms with Gasteiger partial charge in [-0.05, 0) is 47.5 Å². The maximum atomic E-state index is 13.7. The zero-order valence-electron chi connectivity index (χ0n) is 19.5. The first-order valence-corrected chi connectivity index (χ1v) is 11.7. The van der Waals surface area contributed by atoms with Crippen molar-refractivity contribution in [3.8, 4) is 11.5 Å². The van der Waals surface area contributed by atoms with Crippen molar-refractivity contribution in [1.29, 1.82) is 0 Å². The highest BCUT2D eigenvalue weighted by atomic mass is 35.5. The molecule has 0 spiro atoms. The third-order valence-electron chi connectivity index (χ3n) is 5.87. The van der Waals surface area contributed by atoms with Gasteiger partial charge >= 0.3 is 0 Å². The van der Waals surface area contributed by atoms with Crippen LogP contribution in [0.3, 0.4) is 0 Å². The van der Waals surface area contributed by atoms with Gasteiger partial charge in [-0.25, -0.2) is 0 Å². The smallest absolute Gasteiger partial charge is 0.231 e. The van der Waals surface area contributed by atoms with Crippen LogP contribution in [0.5, 0.6) is 11.5 Å². The van der Waals surface area contributed by atoms with Crippen LogP contribution in [0, 0.1) is 5.92 Å². The number of hydrogen-bond acceptors (Lipinski definition) is 4. The summed E-state index contributed by atoms with van der Waals surface area (Å²) in [5.41, 5.74) is 2.56. The first-order valence-electron chi connectivity index (χ1n) is 11.0. The van der Waals surface area contributed by atoms with Gasteiger partial charge in [0.2, 0.25) is 5.91 Å². The Balaban J connectivity index is 1.96. The van der Waals surface area contributed by atoms with E-state index in [2.05, 4.69) is 0 Å². The maximum Gasteiger partial charge on any atom is 0.231 e. The van der Waals surface area contributed by atoms with Crippen LogP contribution in [0.1, 0.15) is 42.6 Å². The Kier molecular flexibility index (Phi) is 7.15. The highest BCUT2D eigenvalue weighted by Gasteiger charge is 2.43. The quantitative estimate of drug-likeness (QED) is 0.379. The van der Waals surface area contributed by atoms with Crippen molar-refractivity contribution < 1.29 is 14.3 Å².